The Kier molecular flexibility index (Phi) is 4.75. The van der Waals surface area contributed by atoms with Crippen LogP contribution in [0.1, 0.15) is 11.1 Å². The number of nitrogens with zero attached hydrogens (tertiary/aromatic N) is 2. The molecule has 3 rings (SSSR count). The second-order valence-electron chi connectivity index (χ2n) is 5.81. The fourth-order valence-electron chi connectivity index (χ4n) is 2.62. The van der Waals surface area contributed by atoms with Crippen LogP contribution in [0.4, 0.5) is 0 Å². The number of hydrogen-bond donors (Lipinski definition) is 0. The maximum Gasteiger partial charge on any atom is 0.227 e. The van der Waals surface area contributed by atoms with Gasteiger partial charge in [-0.2, -0.15) is 0 Å². The highest BCUT2D eigenvalue weighted by Crippen LogP contribution is 2.15. The molecule has 0 saturated heterocycles. The number of hydrogen-bond acceptors (Lipinski definition) is 3. The van der Waals surface area contributed by atoms with E-state index in [4.69, 9.17) is 4.74 Å². The standard InChI is InChI=1S/C20H20N2O2/c1-22(20(23)12-15-7-9-18(24-2)10-8-15)14-16-11-17-5-3-4-6-19(17)21-13-16/h3-11,13H,12,14H2,1-2H3. The van der Waals surface area contributed by atoms with Crippen molar-refractivity contribution in [3.05, 3.63) is 71.9 Å². The molecule has 0 aliphatic rings. The van der Waals surface area contributed by atoms with Crippen molar-refractivity contribution in [3.63, 3.8) is 0 Å². The molecular weight excluding hydrogens is 300 g/mol. The molecule has 1 amide bonds. The third-order valence-electron chi connectivity index (χ3n) is 4.01. The Morgan fingerprint density at radius 2 is 1.83 bits per heavy atom. The lowest BCUT2D eigenvalue weighted by Gasteiger charge is -2.17. The van der Waals surface area contributed by atoms with Crippen LogP contribution in [-0.2, 0) is 17.8 Å². The molecule has 0 aliphatic carbocycles. The largest absolute Gasteiger partial charge is 0.497 e. The maximum absolute atomic E-state index is 12.4. The second kappa shape index (κ2) is 7.13. The number of methoxy groups -OCH3 is 1. The maximum atomic E-state index is 12.4. The van der Waals surface area contributed by atoms with Crippen molar-refractivity contribution in [1.82, 2.24) is 9.88 Å². The summed E-state index contributed by atoms with van der Waals surface area (Å²) >= 11 is 0. The van der Waals surface area contributed by atoms with E-state index in [1.165, 1.54) is 0 Å². The Morgan fingerprint density at radius 3 is 2.58 bits per heavy atom. The zero-order chi connectivity index (χ0) is 16.9. The predicted octanol–water partition coefficient (Wildman–Crippen LogP) is 3.44. The zero-order valence-electron chi connectivity index (χ0n) is 13.9. The minimum absolute atomic E-state index is 0.0772. The summed E-state index contributed by atoms with van der Waals surface area (Å²) in [5.41, 5.74) is 2.97. The molecule has 0 radical (unpaired) electrons. The summed E-state index contributed by atoms with van der Waals surface area (Å²) in [7, 11) is 3.45. The number of rotatable bonds is 5. The summed E-state index contributed by atoms with van der Waals surface area (Å²) < 4.78 is 5.13. The lowest BCUT2D eigenvalue weighted by molar-refractivity contribution is -0.129. The number of carbonyl (C=O) groups is 1. The van der Waals surface area contributed by atoms with Gasteiger partial charge >= 0.3 is 0 Å². The topological polar surface area (TPSA) is 42.4 Å². The molecule has 4 heteroatoms. The van der Waals surface area contributed by atoms with Crippen LogP contribution in [0, 0.1) is 0 Å². The van der Waals surface area contributed by atoms with Gasteiger partial charge in [0.15, 0.2) is 0 Å². The van der Waals surface area contributed by atoms with E-state index in [1.807, 2.05) is 61.8 Å². The van der Waals surface area contributed by atoms with Gasteiger partial charge in [-0.15, -0.1) is 0 Å². The van der Waals surface area contributed by atoms with Crippen LogP contribution in [0.5, 0.6) is 5.75 Å². The molecule has 24 heavy (non-hydrogen) atoms. The molecule has 0 saturated carbocycles. The highest BCUT2D eigenvalue weighted by Gasteiger charge is 2.11. The zero-order valence-corrected chi connectivity index (χ0v) is 13.9. The molecule has 1 aromatic heterocycles. The van der Waals surface area contributed by atoms with E-state index >= 15 is 0 Å². The molecule has 0 N–H and O–H groups in total. The Bertz CT molecular complexity index is 844. The van der Waals surface area contributed by atoms with Crippen LogP contribution in [0.3, 0.4) is 0 Å². The second-order valence-corrected chi connectivity index (χ2v) is 5.81. The Morgan fingerprint density at radius 1 is 1.08 bits per heavy atom. The smallest absolute Gasteiger partial charge is 0.227 e. The highest BCUT2D eigenvalue weighted by atomic mass is 16.5. The van der Waals surface area contributed by atoms with Gasteiger partial charge in [-0.25, -0.2) is 0 Å². The van der Waals surface area contributed by atoms with Crippen LogP contribution in [0.15, 0.2) is 60.8 Å². The van der Waals surface area contributed by atoms with Gasteiger partial charge in [0, 0.05) is 25.2 Å². The molecule has 0 bridgehead atoms. The van der Waals surface area contributed by atoms with Crippen LogP contribution in [-0.4, -0.2) is 29.9 Å². The number of carbonyl (C=O) groups excluding carboxylic acids is 1. The molecule has 0 spiro atoms. The first-order valence-electron chi connectivity index (χ1n) is 7.86. The minimum atomic E-state index is 0.0772. The van der Waals surface area contributed by atoms with E-state index < -0.39 is 0 Å². The number of para-hydroxylation sites is 1. The van der Waals surface area contributed by atoms with Gasteiger partial charge in [0.2, 0.25) is 5.91 Å². The van der Waals surface area contributed by atoms with Crippen LogP contribution >= 0.6 is 0 Å². The van der Waals surface area contributed by atoms with E-state index in [0.29, 0.717) is 13.0 Å². The molecule has 2 aromatic carbocycles. The summed E-state index contributed by atoms with van der Waals surface area (Å²) in [5.74, 6) is 0.870. The molecule has 1 heterocycles. The van der Waals surface area contributed by atoms with E-state index in [2.05, 4.69) is 11.1 Å². The summed E-state index contributed by atoms with van der Waals surface area (Å²) in [6.07, 6.45) is 2.21. The molecule has 0 unspecified atom stereocenters. The number of fused-ring (bicyclic) bond motifs is 1. The monoisotopic (exact) mass is 320 g/mol. The first-order valence-corrected chi connectivity index (χ1v) is 7.86. The van der Waals surface area contributed by atoms with Crippen molar-refractivity contribution in [2.24, 2.45) is 0 Å². The van der Waals surface area contributed by atoms with Crippen molar-refractivity contribution in [3.8, 4) is 5.75 Å². The number of pyridine rings is 1. The summed E-state index contributed by atoms with van der Waals surface area (Å²) in [5, 5.41) is 1.09. The number of ether oxygens (including phenoxy) is 1. The van der Waals surface area contributed by atoms with Gasteiger partial charge in [-0.3, -0.25) is 9.78 Å². The van der Waals surface area contributed by atoms with Crippen LogP contribution in [0.25, 0.3) is 10.9 Å². The Balaban J connectivity index is 1.65. The molecular formula is C20H20N2O2. The quantitative estimate of drug-likeness (QED) is 0.723. The third kappa shape index (κ3) is 3.71. The molecule has 0 fully saturated rings. The van der Waals surface area contributed by atoms with E-state index in [-0.39, 0.29) is 5.91 Å². The van der Waals surface area contributed by atoms with Gasteiger partial charge in [0.25, 0.3) is 0 Å². The lowest BCUT2D eigenvalue weighted by atomic mass is 10.1. The lowest BCUT2D eigenvalue weighted by Crippen LogP contribution is -2.27. The predicted molar refractivity (Wildman–Crippen MR) is 94.9 cm³/mol. The van der Waals surface area contributed by atoms with E-state index in [0.717, 1.165) is 27.8 Å². The van der Waals surface area contributed by atoms with Crippen molar-refractivity contribution in [2.75, 3.05) is 14.2 Å². The molecule has 3 aromatic rings. The van der Waals surface area contributed by atoms with Gasteiger partial charge in [-0.05, 0) is 35.4 Å². The third-order valence-corrected chi connectivity index (χ3v) is 4.01. The summed E-state index contributed by atoms with van der Waals surface area (Å²) in [4.78, 5) is 18.6. The fraction of sp³-hybridized carbons (Fsp3) is 0.200. The van der Waals surface area contributed by atoms with Gasteiger partial charge in [-0.1, -0.05) is 30.3 Å². The fourth-order valence-corrected chi connectivity index (χ4v) is 2.62. The van der Waals surface area contributed by atoms with Crippen molar-refractivity contribution in [1.29, 1.82) is 0 Å². The molecule has 0 atom stereocenters. The number of benzene rings is 2. The van der Waals surface area contributed by atoms with Gasteiger partial charge < -0.3 is 9.64 Å². The number of aromatic nitrogens is 1. The SMILES string of the molecule is COc1ccc(CC(=O)N(C)Cc2cnc3ccccc3c2)cc1. The van der Waals surface area contributed by atoms with Crippen molar-refractivity contribution >= 4 is 16.8 Å². The summed E-state index contributed by atoms with van der Waals surface area (Å²) in [6, 6.07) is 17.6. The van der Waals surface area contributed by atoms with Gasteiger partial charge in [0.05, 0.1) is 19.0 Å². The Labute approximate surface area is 141 Å². The van der Waals surface area contributed by atoms with Crippen LogP contribution in [0.2, 0.25) is 0 Å². The Hall–Kier alpha value is -2.88. The van der Waals surface area contributed by atoms with Gasteiger partial charge in [0.1, 0.15) is 5.75 Å². The molecule has 4 nitrogen and oxygen atoms in total. The van der Waals surface area contributed by atoms with Crippen molar-refractivity contribution in [2.45, 2.75) is 13.0 Å². The summed E-state index contributed by atoms with van der Waals surface area (Å²) in [6.45, 7) is 0.548. The van der Waals surface area contributed by atoms with Crippen molar-refractivity contribution < 1.29 is 9.53 Å². The molecule has 0 aliphatic heterocycles. The average molecular weight is 320 g/mol. The highest BCUT2D eigenvalue weighted by molar-refractivity contribution is 5.80. The number of amides is 1. The van der Waals surface area contributed by atoms with E-state index in [1.54, 1.807) is 12.0 Å². The average Bonchev–Trinajstić information content (AvgIpc) is 2.62. The first kappa shape index (κ1) is 16.0. The van der Waals surface area contributed by atoms with E-state index in [9.17, 15) is 4.79 Å². The number of likely N-dealkylation sites (N-methyl/N-ethyl adjacent to an activating group) is 1. The first-order chi connectivity index (χ1) is 11.7. The van der Waals surface area contributed by atoms with Crippen LogP contribution < -0.4 is 4.74 Å². The normalized spacial score (nSPS) is 10.6. The minimum Gasteiger partial charge on any atom is -0.497 e. The molecule has 122 valence electrons.